The van der Waals surface area contributed by atoms with Crippen molar-refractivity contribution in [3.8, 4) is 0 Å². The van der Waals surface area contributed by atoms with E-state index >= 15 is 0 Å². The Morgan fingerprint density at radius 1 is 1.35 bits per heavy atom. The molecule has 1 aromatic rings. The zero-order chi connectivity index (χ0) is 16.9. The molecule has 1 amide bonds. The fourth-order valence-corrected chi connectivity index (χ4v) is 3.47. The van der Waals surface area contributed by atoms with E-state index in [0.717, 1.165) is 0 Å². The Balaban J connectivity index is 2.00. The van der Waals surface area contributed by atoms with Crippen molar-refractivity contribution in [3.63, 3.8) is 0 Å². The van der Waals surface area contributed by atoms with Crippen molar-refractivity contribution in [2.75, 3.05) is 38.7 Å². The summed E-state index contributed by atoms with van der Waals surface area (Å²) in [6, 6.07) is 2.99. The van der Waals surface area contributed by atoms with Crippen molar-refractivity contribution in [2.45, 2.75) is 11.3 Å². The maximum Gasteiger partial charge on any atom is 0.244 e. The summed E-state index contributed by atoms with van der Waals surface area (Å²) in [4.78, 5) is 17.5. The molecule has 1 aromatic heterocycles. The van der Waals surface area contributed by atoms with Gasteiger partial charge in [0, 0.05) is 38.8 Å². The third-order valence-corrected chi connectivity index (χ3v) is 5.38. The number of nitrogens with one attached hydrogen (secondary N) is 2. The summed E-state index contributed by atoms with van der Waals surface area (Å²) in [6.45, 7) is 5.82. The Labute approximate surface area is 136 Å². The first kappa shape index (κ1) is 17.4. The van der Waals surface area contributed by atoms with Gasteiger partial charge in [-0.3, -0.25) is 15.6 Å². The van der Waals surface area contributed by atoms with Crippen LogP contribution in [0.4, 0.5) is 5.82 Å². The maximum atomic E-state index is 12.5. The molecule has 1 aliphatic heterocycles. The van der Waals surface area contributed by atoms with Gasteiger partial charge in [0.05, 0.1) is 0 Å². The molecule has 2 rings (SSSR count). The second kappa shape index (κ2) is 7.53. The second-order valence-corrected chi connectivity index (χ2v) is 7.19. The van der Waals surface area contributed by atoms with Crippen LogP contribution in [-0.2, 0) is 14.8 Å². The molecule has 23 heavy (non-hydrogen) atoms. The highest BCUT2D eigenvalue weighted by molar-refractivity contribution is 7.89. The number of rotatable bonds is 6. The second-order valence-electron chi connectivity index (χ2n) is 5.25. The van der Waals surface area contributed by atoms with Crippen molar-refractivity contribution in [1.82, 2.24) is 19.6 Å². The van der Waals surface area contributed by atoms with Crippen LogP contribution in [0.25, 0.3) is 0 Å². The zero-order valence-corrected chi connectivity index (χ0v) is 13.8. The Hall–Kier alpha value is -1.97. The molecule has 0 bridgehead atoms. The van der Waals surface area contributed by atoms with E-state index in [1.54, 1.807) is 0 Å². The van der Waals surface area contributed by atoms with Gasteiger partial charge in [-0.1, -0.05) is 6.08 Å². The van der Waals surface area contributed by atoms with E-state index in [-0.39, 0.29) is 17.2 Å². The minimum atomic E-state index is -3.53. The lowest BCUT2D eigenvalue weighted by Crippen LogP contribution is -2.47. The molecule has 1 saturated heterocycles. The average molecular weight is 339 g/mol. The van der Waals surface area contributed by atoms with E-state index < -0.39 is 10.0 Å². The lowest BCUT2D eigenvalue weighted by Gasteiger charge is -2.31. The number of sulfonamides is 1. The Morgan fingerprint density at radius 3 is 2.61 bits per heavy atom. The van der Waals surface area contributed by atoms with Crippen LogP contribution in [0.3, 0.4) is 0 Å². The maximum absolute atomic E-state index is 12.5. The first-order chi connectivity index (χ1) is 10.9. The van der Waals surface area contributed by atoms with Crippen molar-refractivity contribution < 1.29 is 13.2 Å². The van der Waals surface area contributed by atoms with Crippen molar-refractivity contribution in [2.24, 2.45) is 0 Å². The average Bonchev–Trinajstić information content (AvgIpc) is 2.54. The quantitative estimate of drug-likeness (QED) is 0.561. The summed E-state index contributed by atoms with van der Waals surface area (Å²) in [6.07, 6.45) is 2.95. The van der Waals surface area contributed by atoms with Gasteiger partial charge in [0.2, 0.25) is 15.9 Å². The number of nitrogens with zero attached hydrogens (tertiary/aromatic N) is 3. The smallest absolute Gasteiger partial charge is 0.244 e. The monoisotopic (exact) mass is 339 g/mol. The number of pyridine rings is 1. The Bertz CT molecular complexity index is 651. The van der Waals surface area contributed by atoms with Gasteiger partial charge in [-0.05, 0) is 19.2 Å². The minimum absolute atomic E-state index is 0.144. The molecule has 2 heterocycles. The fourth-order valence-electron chi connectivity index (χ4n) is 2.10. The molecule has 8 nitrogen and oxygen atoms in total. The van der Waals surface area contributed by atoms with Crippen LogP contribution in [0, 0.1) is 0 Å². The lowest BCUT2D eigenvalue weighted by atomic mass is 10.4. The normalized spacial score (nSPS) is 16.7. The summed E-state index contributed by atoms with van der Waals surface area (Å²) in [5, 5.41) is 0. The molecular formula is C14H21N5O3S. The molecule has 0 spiro atoms. The highest BCUT2D eigenvalue weighted by Gasteiger charge is 2.27. The lowest BCUT2D eigenvalue weighted by molar-refractivity contribution is -0.119. The van der Waals surface area contributed by atoms with Crippen LogP contribution < -0.4 is 10.9 Å². The number of anilines is 1. The summed E-state index contributed by atoms with van der Waals surface area (Å²) < 4.78 is 26.5. The van der Waals surface area contributed by atoms with Gasteiger partial charge in [-0.25, -0.2) is 13.4 Å². The number of piperazine rings is 1. The predicted molar refractivity (Wildman–Crippen MR) is 87.1 cm³/mol. The zero-order valence-electron chi connectivity index (χ0n) is 13.0. The van der Waals surface area contributed by atoms with Gasteiger partial charge in [-0.2, -0.15) is 4.31 Å². The molecule has 0 radical (unpaired) electrons. The first-order valence-corrected chi connectivity index (χ1v) is 8.68. The van der Waals surface area contributed by atoms with Crippen LogP contribution >= 0.6 is 0 Å². The molecule has 0 unspecified atom stereocenters. The van der Waals surface area contributed by atoms with E-state index in [2.05, 4.69) is 27.3 Å². The summed E-state index contributed by atoms with van der Waals surface area (Å²) in [5.41, 5.74) is 5.06. The minimum Gasteiger partial charge on any atom is -0.304 e. The van der Waals surface area contributed by atoms with Crippen LogP contribution in [0.15, 0.2) is 35.9 Å². The molecule has 0 atom stereocenters. The standard InChI is InChI=1S/C14H21N5O3S/c1-3-4-14(20)17-16-13-6-5-12(11-15-13)23(21,22)19-9-7-18(2)8-10-19/h3,5-6,11H,1,4,7-10H2,2H3,(H,15,16)(H,17,20). The van der Waals surface area contributed by atoms with Gasteiger partial charge >= 0.3 is 0 Å². The Morgan fingerprint density at radius 2 is 2.04 bits per heavy atom. The number of hydrogen-bond acceptors (Lipinski definition) is 6. The van der Waals surface area contributed by atoms with Crippen molar-refractivity contribution in [1.29, 1.82) is 0 Å². The van der Waals surface area contributed by atoms with E-state index in [0.29, 0.717) is 32.0 Å². The van der Waals surface area contributed by atoms with Crippen molar-refractivity contribution in [3.05, 3.63) is 31.0 Å². The molecule has 126 valence electrons. The number of carbonyl (C=O) groups is 1. The van der Waals surface area contributed by atoms with Gasteiger partial charge in [-0.15, -0.1) is 6.58 Å². The van der Waals surface area contributed by atoms with Crippen LogP contribution in [0.5, 0.6) is 0 Å². The van der Waals surface area contributed by atoms with Crippen LogP contribution in [-0.4, -0.2) is 61.7 Å². The van der Waals surface area contributed by atoms with Gasteiger partial charge in [0.15, 0.2) is 0 Å². The molecule has 2 N–H and O–H groups in total. The van der Waals surface area contributed by atoms with E-state index in [1.807, 2.05) is 7.05 Å². The van der Waals surface area contributed by atoms with Crippen LogP contribution in [0.2, 0.25) is 0 Å². The SMILES string of the molecule is C=CCC(=O)NNc1ccc(S(=O)(=O)N2CCN(C)CC2)cn1. The molecule has 0 saturated carbocycles. The number of hydrazine groups is 1. The van der Waals surface area contributed by atoms with Crippen molar-refractivity contribution >= 4 is 21.7 Å². The number of carbonyl (C=O) groups excluding carboxylic acids is 1. The highest BCUT2D eigenvalue weighted by Crippen LogP contribution is 2.17. The Kier molecular flexibility index (Phi) is 5.69. The van der Waals surface area contributed by atoms with Gasteiger partial charge in [0.25, 0.3) is 0 Å². The highest BCUT2D eigenvalue weighted by atomic mass is 32.2. The number of aromatic nitrogens is 1. The number of likely N-dealkylation sites (N-methyl/N-ethyl adjacent to an activating group) is 1. The first-order valence-electron chi connectivity index (χ1n) is 7.24. The van der Waals surface area contributed by atoms with E-state index in [4.69, 9.17) is 0 Å². The molecule has 1 fully saturated rings. The predicted octanol–water partition coefficient (Wildman–Crippen LogP) is 0.0369. The largest absolute Gasteiger partial charge is 0.304 e. The summed E-state index contributed by atoms with van der Waals surface area (Å²) in [5.74, 6) is 0.107. The molecule has 0 aromatic carbocycles. The third-order valence-electron chi connectivity index (χ3n) is 3.50. The van der Waals surface area contributed by atoms with Gasteiger partial charge < -0.3 is 4.90 Å². The topological polar surface area (TPSA) is 94.6 Å². The molecule has 1 aliphatic rings. The summed E-state index contributed by atoms with van der Waals surface area (Å²) >= 11 is 0. The van der Waals surface area contributed by atoms with Crippen LogP contribution in [0.1, 0.15) is 6.42 Å². The number of hydrogen-bond donors (Lipinski definition) is 2. The molecule has 0 aliphatic carbocycles. The number of amides is 1. The third kappa shape index (κ3) is 4.50. The summed E-state index contributed by atoms with van der Waals surface area (Å²) in [7, 11) is -1.56. The van der Waals surface area contributed by atoms with Gasteiger partial charge in [0.1, 0.15) is 10.7 Å². The van der Waals surface area contributed by atoms with E-state index in [1.165, 1.54) is 28.7 Å². The molecule has 9 heteroatoms. The van der Waals surface area contributed by atoms with E-state index in [9.17, 15) is 13.2 Å². The fraction of sp³-hybridized carbons (Fsp3) is 0.429. The molecular weight excluding hydrogens is 318 g/mol.